The summed E-state index contributed by atoms with van der Waals surface area (Å²) in [5, 5.41) is 0. The molecule has 3 heteroatoms. The number of aryl methyl sites for hydroxylation is 2. The van der Waals surface area contributed by atoms with Gasteiger partial charge in [-0.25, -0.2) is 8.78 Å². The largest absolute Gasteiger partial charge is 0.207 e. The molecule has 0 saturated carbocycles. The van der Waals surface area contributed by atoms with E-state index in [2.05, 4.69) is 0 Å². The molecule has 0 unspecified atom stereocenters. The molecule has 0 radical (unpaired) electrons. The molecule has 0 atom stereocenters. The van der Waals surface area contributed by atoms with Crippen LogP contribution in [0, 0.1) is 11.6 Å². The molecule has 0 aliphatic heterocycles. The molecule has 0 fully saturated rings. The minimum Gasteiger partial charge on any atom is -0.207 e. The van der Waals surface area contributed by atoms with Gasteiger partial charge in [0.1, 0.15) is 11.6 Å². The summed E-state index contributed by atoms with van der Waals surface area (Å²) in [6, 6.07) is 13.3. The Labute approximate surface area is 116 Å². The highest BCUT2D eigenvalue weighted by Crippen LogP contribution is 2.11. The Balaban J connectivity index is 1.64. The molecule has 0 aromatic heterocycles. The first kappa shape index (κ1) is 14.1. The van der Waals surface area contributed by atoms with Crippen LogP contribution in [-0.4, -0.2) is 11.5 Å². The molecule has 0 heterocycles. The molecule has 0 saturated heterocycles. The third kappa shape index (κ3) is 5.03. The van der Waals surface area contributed by atoms with Gasteiger partial charge in [0.2, 0.25) is 0 Å². The van der Waals surface area contributed by atoms with Crippen LogP contribution in [0.25, 0.3) is 0 Å². The lowest BCUT2D eigenvalue weighted by Gasteiger charge is -2.03. The van der Waals surface area contributed by atoms with Gasteiger partial charge in [-0.05, 0) is 59.7 Å². The summed E-state index contributed by atoms with van der Waals surface area (Å²) >= 11 is 1.86. The van der Waals surface area contributed by atoms with Gasteiger partial charge in [-0.3, -0.25) is 0 Å². The fourth-order valence-electron chi connectivity index (χ4n) is 1.78. The molecule has 0 spiro atoms. The molecule has 0 amide bonds. The van der Waals surface area contributed by atoms with Crippen LogP contribution in [0.4, 0.5) is 8.78 Å². The van der Waals surface area contributed by atoms with Crippen molar-refractivity contribution in [1.82, 2.24) is 0 Å². The second-order valence-electron chi connectivity index (χ2n) is 4.37. The Morgan fingerprint density at radius 2 is 1.00 bits per heavy atom. The first-order valence-electron chi connectivity index (χ1n) is 6.31. The molecule has 0 aliphatic rings. The maximum Gasteiger partial charge on any atom is 0.123 e. The van der Waals surface area contributed by atoms with Crippen LogP contribution >= 0.6 is 11.8 Å². The van der Waals surface area contributed by atoms with Crippen molar-refractivity contribution >= 4 is 11.8 Å². The predicted molar refractivity (Wildman–Crippen MR) is 77.5 cm³/mol. The molecule has 0 N–H and O–H groups in total. The highest BCUT2D eigenvalue weighted by Gasteiger charge is 1.97. The highest BCUT2D eigenvalue weighted by molar-refractivity contribution is 7.99. The van der Waals surface area contributed by atoms with Crippen LogP contribution in [-0.2, 0) is 12.8 Å². The van der Waals surface area contributed by atoms with Crippen molar-refractivity contribution in [2.75, 3.05) is 11.5 Å². The maximum atomic E-state index is 12.7. The van der Waals surface area contributed by atoms with E-state index in [4.69, 9.17) is 0 Å². The predicted octanol–water partition coefficient (Wildman–Crippen LogP) is 4.48. The monoisotopic (exact) mass is 278 g/mol. The number of hydrogen-bond acceptors (Lipinski definition) is 1. The van der Waals surface area contributed by atoms with Crippen LogP contribution in [0.3, 0.4) is 0 Å². The third-order valence-corrected chi connectivity index (χ3v) is 3.88. The van der Waals surface area contributed by atoms with E-state index in [0.717, 1.165) is 35.5 Å². The van der Waals surface area contributed by atoms with Gasteiger partial charge in [0.25, 0.3) is 0 Å². The summed E-state index contributed by atoms with van der Waals surface area (Å²) in [4.78, 5) is 0. The van der Waals surface area contributed by atoms with Crippen LogP contribution in [0.1, 0.15) is 11.1 Å². The van der Waals surface area contributed by atoms with Gasteiger partial charge in [0.15, 0.2) is 0 Å². The average Bonchev–Trinajstić information content (AvgIpc) is 2.43. The normalized spacial score (nSPS) is 10.6. The molecule has 100 valence electrons. The van der Waals surface area contributed by atoms with E-state index in [1.165, 1.54) is 24.3 Å². The van der Waals surface area contributed by atoms with E-state index in [0.29, 0.717) is 0 Å². The van der Waals surface area contributed by atoms with Gasteiger partial charge in [-0.15, -0.1) is 0 Å². The summed E-state index contributed by atoms with van der Waals surface area (Å²) in [5.41, 5.74) is 2.33. The van der Waals surface area contributed by atoms with Crippen molar-refractivity contribution in [3.63, 3.8) is 0 Å². The standard InChI is InChI=1S/C16H16F2S/c17-15-5-1-13(2-6-15)9-11-19-12-10-14-3-7-16(18)8-4-14/h1-8H,9-12H2. The second kappa shape index (κ2) is 7.29. The van der Waals surface area contributed by atoms with Gasteiger partial charge >= 0.3 is 0 Å². The fourth-order valence-corrected chi connectivity index (χ4v) is 2.75. The van der Waals surface area contributed by atoms with Gasteiger partial charge in [0, 0.05) is 0 Å². The summed E-state index contributed by atoms with van der Waals surface area (Å²) in [6.45, 7) is 0. The second-order valence-corrected chi connectivity index (χ2v) is 5.59. The van der Waals surface area contributed by atoms with Crippen molar-refractivity contribution in [3.05, 3.63) is 71.3 Å². The number of benzene rings is 2. The quantitative estimate of drug-likeness (QED) is 0.702. The SMILES string of the molecule is Fc1ccc(CCSCCc2ccc(F)cc2)cc1. The first-order valence-corrected chi connectivity index (χ1v) is 7.46. The van der Waals surface area contributed by atoms with E-state index in [9.17, 15) is 8.78 Å². The zero-order valence-electron chi connectivity index (χ0n) is 10.6. The molecule has 2 rings (SSSR count). The average molecular weight is 278 g/mol. The van der Waals surface area contributed by atoms with E-state index < -0.39 is 0 Å². The van der Waals surface area contributed by atoms with Gasteiger partial charge < -0.3 is 0 Å². The van der Waals surface area contributed by atoms with E-state index in [-0.39, 0.29) is 11.6 Å². The topological polar surface area (TPSA) is 0 Å². The lowest BCUT2D eigenvalue weighted by molar-refractivity contribution is 0.626. The van der Waals surface area contributed by atoms with Crippen molar-refractivity contribution < 1.29 is 8.78 Å². The number of halogens is 2. The Hall–Kier alpha value is -1.35. The lowest BCUT2D eigenvalue weighted by Crippen LogP contribution is -1.93. The fraction of sp³-hybridized carbons (Fsp3) is 0.250. The highest BCUT2D eigenvalue weighted by atomic mass is 32.2. The first-order chi connectivity index (χ1) is 9.24. The Morgan fingerprint density at radius 1 is 0.632 bits per heavy atom. The van der Waals surface area contributed by atoms with Gasteiger partial charge in [-0.1, -0.05) is 24.3 Å². The summed E-state index contributed by atoms with van der Waals surface area (Å²) in [7, 11) is 0. The molecular formula is C16H16F2S. The zero-order valence-corrected chi connectivity index (χ0v) is 11.4. The van der Waals surface area contributed by atoms with E-state index >= 15 is 0 Å². The smallest absolute Gasteiger partial charge is 0.123 e. The summed E-state index contributed by atoms with van der Waals surface area (Å²) in [6.07, 6.45) is 1.91. The van der Waals surface area contributed by atoms with Crippen molar-refractivity contribution in [1.29, 1.82) is 0 Å². The van der Waals surface area contributed by atoms with Gasteiger partial charge in [0.05, 0.1) is 0 Å². The molecule has 2 aromatic carbocycles. The van der Waals surface area contributed by atoms with Crippen LogP contribution in [0.15, 0.2) is 48.5 Å². The number of rotatable bonds is 6. The zero-order chi connectivity index (χ0) is 13.5. The lowest BCUT2D eigenvalue weighted by atomic mass is 10.2. The maximum absolute atomic E-state index is 12.7. The van der Waals surface area contributed by atoms with Crippen molar-refractivity contribution in [2.45, 2.75) is 12.8 Å². The third-order valence-electron chi connectivity index (χ3n) is 2.90. The molecular weight excluding hydrogens is 262 g/mol. The molecule has 0 aliphatic carbocycles. The molecule has 19 heavy (non-hydrogen) atoms. The van der Waals surface area contributed by atoms with E-state index in [1.807, 2.05) is 36.0 Å². The summed E-state index contributed by atoms with van der Waals surface area (Å²) in [5.74, 6) is 1.67. The summed E-state index contributed by atoms with van der Waals surface area (Å²) < 4.78 is 25.4. The molecule has 2 aromatic rings. The number of hydrogen-bond donors (Lipinski definition) is 0. The van der Waals surface area contributed by atoms with E-state index in [1.54, 1.807) is 0 Å². The van der Waals surface area contributed by atoms with Gasteiger partial charge in [-0.2, -0.15) is 11.8 Å². The Bertz CT molecular complexity index is 444. The van der Waals surface area contributed by atoms with Crippen molar-refractivity contribution in [2.24, 2.45) is 0 Å². The number of thioether (sulfide) groups is 1. The Morgan fingerprint density at radius 3 is 1.37 bits per heavy atom. The minimum absolute atomic E-state index is 0.187. The molecule has 0 nitrogen and oxygen atoms in total. The van der Waals surface area contributed by atoms with Crippen LogP contribution in [0.2, 0.25) is 0 Å². The van der Waals surface area contributed by atoms with Crippen LogP contribution < -0.4 is 0 Å². The minimum atomic E-state index is -0.187. The van der Waals surface area contributed by atoms with Crippen molar-refractivity contribution in [3.8, 4) is 0 Å². The molecule has 0 bridgehead atoms. The Kier molecular flexibility index (Phi) is 5.40. The van der Waals surface area contributed by atoms with Crippen LogP contribution in [0.5, 0.6) is 0 Å².